The third-order valence-corrected chi connectivity index (χ3v) is 3.82. The largest absolute Gasteiger partial charge is 0.504 e. The van der Waals surface area contributed by atoms with Crippen LogP contribution >= 0.6 is 15.9 Å². The van der Waals surface area contributed by atoms with Crippen molar-refractivity contribution in [3.8, 4) is 11.5 Å². The molecule has 3 rings (SSSR count). The normalized spacial score (nSPS) is 16.0. The molecule has 1 saturated heterocycles. The fourth-order valence-corrected chi connectivity index (χ4v) is 2.39. The minimum Gasteiger partial charge on any atom is -0.504 e. The van der Waals surface area contributed by atoms with Crippen molar-refractivity contribution in [3.05, 3.63) is 58.1 Å². The molecule has 1 heterocycles. The van der Waals surface area contributed by atoms with Gasteiger partial charge in [0, 0.05) is 4.47 Å². The summed E-state index contributed by atoms with van der Waals surface area (Å²) in [7, 11) is 0. The molecule has 1 aliphatic heterocycles. The Kier molecular flexibility index (Phi) is 3.79. The Morgan fingerprint density at radius 1 is 1.00 bits per heavy atom. The van der Waals surface area contributed by atoms with Gasteiger partial charge in [-0.3, -0.25) is 15.0 Å². The van der Waals surface area contributed by atoms with E-state index >= 15 is 0 Å². The molecule has 0 aromatic heterocycles. The molecule has 2 amide bonds. The van der Waals surface area contributed by atoms with E-state index in [9.17, 15) is 19.8 Å². The predicted octanol–water partition coefficient (Wildman–Crippen LogP) is 2.32. The first kappa shape index (κ1) is 15.1. The van der Waals surface area contributed by atoms with Crippen LogP contribution in [0.2, 0.25) is 0 Å². The van der Waals surface area contributed by atoms with E-state index in [2.05, 4.69) is 21.4 Å². The number of halogens is 1. The van der Waals surface area contributed by atoms with Crippen molar-refractivity contribution in [1.82, 2.24) is 5.43 Å². The zero-order valence-electron chi connectivity index (χ0n) is 11.7. The van der Waals surface area contributed by atoms with Crippen molar-refractivity contribution in [2.45, 2.75) is 0 Å². The molecule has 1 aliphatic rings. The quantitative estimate of drug-likeness (QED) is 0.427. The molecule has 7 heteroatoms. The Bertz CT molecular complexity index is 830. The fraction of sp³-hybridized carbons (Fsp3) is 0. The summed E-state index contributed by atoms with van der Waals surface area (Å²) in [6.45, 7) is 0. The Hall–Kier alpha value is -2.80. The number of rotatable bonds is 2. The average Bonchev–Trinajstić information content (AvgIpc) is 2.80. The summed E-state index contributed by atoms with van der Waals surface area (Å²) >= 11 is 3.30. The van der Waals surface area contributed by atoms with Crippen LogP contribution in [0.25, 0.3) is 6.08 Å². The maximum Gasteiger partial charge on any atom is 0.282 e. The van der Waals surface area contributed by atoms with Crippen molar-refractivity contribution < 1.29 is 19.8 Å². The molecular formula is C16H11BrN2O4. The van der Waals surface area contributed by atoms with Gasteiger partial charge in [0.2, 0.25) is 0 Å². The van der Waals surface area contributed by atoms with Gasteiger partial charge in [0.15, 0.2) is 11.5 Å². The maximum absolute atomic E-state index is 12.4. The molecule has 116 valence electrons. The lowest BCUT2D eigenvalue weighted by Gasteiger charge is -2.14. The number of nitrogens with zero attached hydrogens (tertiary/aromatic N) is 1. The van der Waals surface area contributed by atoms with E-state index in [1.807, 2.05) is 0 Å². The fourth-order valence-electron chi connectivity index (χ4n) is 2.13. The summed E-state index contributed by atoms with van der Waals surface area (Å²) in [5.74, 6) is -1.63. The summed E-state index contributed by atoms with van der Waals surface area (Å²) in [6.07, 6.45) is 1.36. The first-order valence-corrected chi connectivity index (χ1v) is 7.40. The third kappa shape index (κ3) is 2.91. The van der Waals surface area contributed by atoms with Gasteiger partial charge >= 0.3 is 0 Å². The van der Waals surface area contributed by atoms with Gasteiger partial charge in [-0.15, -0.1) is 0 Å². The lowest BCUT2D eigenvalue weighted by Crippen LogP contribution is -2.35. The molecule has 0 aliphatic carbocycles. The average molecular weight is 375 g/mol. The zero-order valence-corrected chi connectivity index (χ0v) is 13.2. The number of phenols is 2. The summed E-state index contributed by atoms with van der Waals surface area (Å²) in [4.78, 5) is 24.4. The minimum absolute atomic E-state index is 0.0574. The molecular weight excluding hydrogens is 364 g/mol. The first-order chi connectivity index (χ1) is 11.0. The SMILES string of the molecule is O=C1NN(c2ccc(Br)cc2)C(=O)/C1=C\c1ccc(O)c(O)c1. The molecule has 2 aromatic carbocycles. The molecule has 0 radical (unpaired) electrons. The van der Waals surface area contributed by atoms with Crippen molar-refractivity contribution in [2.75, 3.05) is 5.01 Å². The number of phenolic OH excluding ortho intramolecular Hbond substituents is 2. The van der Waals surface area contributed by atoms with E-state index in [1.54, 1.807) is 24.3 Å². The van der Waals surface area contributed by atoms with Crippen LogP contribution in [0.4, 0.5) is 5.69 Å². The Labute approximate surface area is 139 Å². The molecule has 1 fully saturated rings. The monoisotopic (exact) mass is 374 g/mol. The van der Waals surface area contributed by atoms with E-state index in [0.717, 1.165) is 9.48 Å². The molecule has 0 atom stereocenters. The number of carbonyl (C=O) groups is 2. The predicted molar refractivity (Wildman–Crippen MR) is 87.5 cm³/mol. The standard InChI is InChI=1S/C16H11BrN2O4/c17-10-2-4-11(5-3-10)19-16(23)12(15(22)18-19)7-9-1-6-13(20)14(21)8-9/h1-8,20-21H,(H,18,22)/b12-7-. The topological polar surface area (TPSA) is 89.9 Å². The number of hydrogen-bond acceptors (Lipinski definition) is 4. The summed E-state index contributed by atoms with van der Waals surface area (Å²) in [6, 6.07) is 10.9. The molecule has 6 nitrogen and oxygen atoms in total. The molecule has 0 bridgehead atoms. The highest BCUT2D eigenvalue weighted by atomic mass is 79.9. The van der Waals surface area contributed by atoms with Crippen LogP contribution in [-0.4, -0.2) is 22.0 Å². The Morgan fingerprint density at radius 3 is 2.35 bits per heavy atom. The lowest BCUT2D eigenvalue weighted by molar-refractivity contribution is -0.117. The van der Waals surface area contributed by atoms with Crippen LogP contribution < -0.4 is 10.4 Å². The van der Waals surface area contributed by atoms with E-state index in [1.165, 1.54) is 24.3 Å². The van der Waals surface area contributed by atoms with Gasteiger partial charge in [0.05, 0.1) is 5.69 Å². The minimum atomic E-state index is -0.537. The van der Waals surface area contributed by atoms with Gasteiger partial charge in [0.1, 0.15) is 5.57 Å². The highest BCUT2D eigenvalue weighted by Gasteiger charge is 2.34. The number of hydrazine groups is 1. The molecule has 0 unspecified atom stereocenters. The molecule has 2 aromatic rings. The van der Waals surface area contributed by atoms with Gasteiger partial charge in [-0.2, -0.15) is 0 Å². The number of carbonyl (C=O) groups excluding carboxylic acids is 2. The zero-order chi connectivity index (χ0) is 16.6. The number of benzene rings is 2. The molecule has 0 saturated carbocycles. The molecule has 3 N–H and O–H groups in total. The van der Waals surface area contributed by atoms with E-state index in [0.29, 0.717) is 11.3 Å². The summed E-state index contributed by atoms with van der Waals surface area (Å²) in [5.41, 5.74) is 3.39. The van der Waals surface area contributed by atoms with Crippen LogP contribution in [0.15, 0.2) is 52.5 Å². The highest BCUT2D eigenvalue weighted by Crippen LogP contribution is 2.27. The van der Waals surface area contributed by atoms with E-state index < -0.39 is 11.8 Å². The summed E-state index contributed by atoms with van der Waals surface area (Å²) < 4.78 is 0.856. The smallest absolute Gasteiger partial charge is 0.282 e. The highest BCUT2D eigenvalue weighted by molar-refractivity contribution is 9.10. The second-order valence-electron chi connectivity index (χ2n) is 4.86. The number of aromatic hydroxyl groups is 2. The summed E-state index contributed by atoms with van der Waals surface area (Å²) in [5, 5.41) is 19.9. The van der Waals surface area contributed by atoms with Gasteiger partial charge in [-0.1, -0.05) is 22.0 Å². The van der Waals surface area contributed by atoms with Crippen LogP contribution in [0.5, 0.6) is 11.5 Å². The van der Waals surface area contributed by atoms with Crippen LogP contribution in [0.1, 0.15) is 5.56 Å². The Balaban J connectivity index is 1.93. The van der Waals surface area contributed by atoms with Gasteiger partial charge < -0.3 is 10.2 Å². The van der Waals surface area contributed by atoms with Gasteiger partial charge in [0.25, 0.3) is 11.8 Å². The van der Waals surface area contributed by atoms with Crippen molar-refractivity contribution in [1.29, 1.82) is 0 Å². The number of nitrogens with one attached hydrogen (secondary N) is 1. The van der Waals surface area contributed by atoms with E-state index in [-0.39, 0.29) is 17.1 Å². The van der Waals surface area contributed by atoms with Crippen molar-refractivity contribution in [3.63, 3.8) is 0 Å². The van der Waals surface area contributed by atoms with Gasteiger partial charge in [-0.05, 0) is 48.0 Å². The first-order valence-electron chi connectivity index (χ1n) is 6.60. The molecule has 0 spiro atoms. The van der Waals surface area contributed by atoms with E-state index in [4.69, 9.17) is 0 Å². The second kappa shape index (κ2) is 5.77. The van der Waals surface area contributed by atoms with Crippen LogP contribution in [0.3, 0.4) is 0 Å². The van der Waals surface area contributed by atoms with Gasteiger partial charge in [-0.25, -0.2) is 5.01 Å². The number of anilines is 1. The number of hydrogen-bond donors (Lipinski definition) is 3. The second-order valence-corrected chi connectivity index (χ2v) is 5.78. The van der Waals surface area contributed by atoms with Crippen LogP contribution in [-0.2, 0) is 9.59 Å². The van der Waals surface area contributed by atoms with Crippen molar-refractivity contribution in [2.24, 2.45) is 0 Å². The maximum atomic E-state index is 12.4. The van der Waals surface area contributed by atoms with Crippen LogP contribution in [0, 0.1) is 0 Å². The lowest BCUT2D eigenvalue weighted by atomic mass is 10.1. The Morgan fingerprint density at radius 2 is 1.70 bits per heavy atom. The third-order valence-electron chi connectivity index (χ3n) is 3.29. The molecule has 23 heavy (non-hydrogen) atoms. The van der Waals surface area contributed by atoms with Crippen molar-refractivity contribution >= 4 is 39.5 Å². The number of amides is 2.